The van der Waals surface area contributed by atoms with Crippen molar-refractivity contribution in [2.24, 2.45) is 5.92 Å². The maximum Gasteiger partial charge on any atom is 0.242 e. The molecule has 0 spiro atoms. The number of amides is 1. The maximum atomic E-state index is 12.2. The first kappa shape index (κ1) is 18.6. The van der Waals surface area contributed by atoms with Gasteiger partial charge in [0.25, 0.3) is 0 Å². The van der Waals surface area contributed by atoms with Crippen LogP contribution in [0.15, 0.2) is 46.0 Å². The van der Waals surface area contributed by atoms with Crippen LogP contribution in [0.4, 0.5) is 0 Å². The highest BCUT2D eigenvalue weighted by Gasteiger charge is 2.36. The Morgan fingerprint density at radius 2 is 2.15 bits per heavy atom. The zero-order valence-electron chi connectivity index (χ0n) is 14.9. The summed E-state index contributed by atoms with van der Waals surface area (Å²) in [4.78, 5) is 17.6. The van der Waals surface area contributed by atoms with E-state index in [0.717, 1.165) is 17.9 Å². The van der Waals surface area contributed by atoms with Crippen LogP contribution in [-0.2, 0) is 21.4 Å². The molecule has 0 bridgehead atoms. The minimum atomic E-state index is -3.65. The second kappa shape index (κ2) is 7.59. The summed E-state index contributed by atoms with van der Waals surface area (Å²) in [5.41, 5.74) is 0. The van der Waals surface area contributed by atoms with Gasteiger partial charge in [0.1, 0.15) is 16.4 Å². The van der Waals surface area contributed by atoms with Gasteiger partial charge in [-0.3, -0.25) is 9.78 Å². The summed E-state index contributed by atoms with van der Waals surface area (Å²) < 4.78 is 32.4. The Kier molecular flexibility index (Phi) is 5.43. The van der Waals surface area contributed by atoms with Gasteiger partial charge in [0.15, 0.2) is 0 Å². The number of hydrogen-bond acceptors (Lipinski definition) is 5. The molecule has 0 radical (unpaired) electrons. The van der Waals surface area contributed by atoms with Crippen molar-refractivity contribution in [1.82, 2.24) is 14.6 Å². The highest BCUT2D eigenvalue weighted by molar-refractivity contribution is 7.89. The number of furan rings is 1. The van der Waals surface area contributed by atoms with Crippen LogP contribution in [0.5, 0.6) is 0 Å². The van der Waals surface area contributed by atoms with E-state index in [9.17, 15) is 13.2 Å². The average Bonchev–Trinajstić information content (AvgIpc) is 3.17. The number of pyridine rings is 1. The molecule has 0 saturated heterocycles. The average molecular weight is 377 g/mol. The minimum absolute atomic E-state index is 0.0311. The molecular weight excluding hydrogens is 354 g/mol. The Balaban J connectivity index is 1.46. The van der Waals surface area contributed by atoms with Crippen LogP contribution in [0.1, 0.15) is 37.2 Å². The fraction of sp³-hybridized carbons (Fsp3) is 0.444. The van der Waals surface area contributed by atoms with Crippen molar-refractivity contribution in [2.45, 2.75) is 37.1 Å². The molecule has 7 nitrogen and oxygen atoms in total. The minimum Gasteiger partial charge on any atom is -0.464 e. The molecular formula is C18H23N3O4S. The smallest absolute Gasteiger partial charge is 0.242 e. The molecule has 2 atom stereocenters. The third-order valence-electron chi connectivity index (χ3n) is 4.55. The van der Waals surface area contributed by atoms with Crippen molar-refractivity contribution >= 4 is 15.9 Å². The van der Waals surface area contributed by atoms with E-state index in [1.54, 1.807) is 13.1 Å². The van der Waals surface area contributed by atoms with Gasteiger partial charge in [-0.1, -0.05) is 6.92 Å². The molecule has 140 valence electrons. The van der Waals surface area contributed by atoms with Crippen LogP contribution in [-0.4, -0.2) is 37.8 Å². The Bertz CT molecular complexity index is 864. The van der Waals surface area contributed by atoms with Gasteiger partial charge in [-0.15, -0.1) is 0 Å². The quantitative estimate of drug-likeness (QED) is 0.761. The second-order valence-electron chi connectivity index (χ2n) is 6.71. The standard InChI is InChI=1S/C18H23N3O4S/c1-13-10-16(13)17-6-5-14(25-17)12-21(2)18(22)7-9-20-26(23,24)15-4-3-8-19-11-15/h3-6,8,11,13,16,20H,7,9-10,12H2,1-2H3. The number of sulfonamides is 1. The van der Waals surface area contributed by atoms with Gasteiger partial charge in [-0.05, 0) is 36.6 Å². The van der Waals surface area contributed by atoms with E-state index in [1.807, 2.05) is 12.1 Å². The van der Waals surface area contributed by atoms with E-state index in [0.29, 0.717) is 18.4 Å². The lowest BCUT2D eigenvalue weighted by molar-refractivity contribution is -0.130. The largest absolute Gasteiger partial charge is 0.464 e. The molecule has 1 aliphatic rings. The van der Waals surface area contributed by atoms with Gasteiger partial charge in [0, 0.05) is 38.3 Å². The van der Waals surface area contributed by atoms with Crippen molar-refractivity contribution < 1.29 is 17.6 Å². The molecule has 26 heavy (non-hydrogen) atoms. The first-order valence-corrected chi connectivity index (χ1v) is 10.1. The summed E-state index contributed by atoms with van der Waals surface area (Å²) in [7, 11) is -1.97. The van der Waals surface area contributed by atoms with Crippen LogP contribution in [0, 0.1) is 5.92 Å². The lowest BCUT2D eigenvalue weighted by atomic mass is 10.3. The maximum absolute atomic E-state index is 12.2. The predicted octanol–water partition coefficient (Wildman–Crippen LogP) is 2.12. The van der Waals surface area contributed by atoms with Crippen LogP contribution in [0.2, 0.25) is 0 Å². The Morgan fingerprint density at radius 1 is 1.38 bits per heavy atom. The normalized spacial score (nSPS) is 19.3. The molecule has 2 aromatic heterocycles. The van der Waals surface area contributed by atoms with Gasteiger partial charge in [-0.2, -0.15) is 0 Å². The van der Waals surface area contributed by atoms with Gasteiger partial charge in [0.2, 0.25) is 15.9 Å². The second-order valence-corrected chi connectivity index (χ2v) is 8.48. The zero-order valence-corrected chi connectivity index (χ0v) is 15.7. The first-order valence-electron chi connectivity index (χ1n) is 8.59. The molecule has 1 fully saturated rings. The summed E-state index contributed by atoms with van der Waals surface area (Å²) in [6.45, 7) is 2.59. The van der Waals surface area contributed by atoms with Crippen molar-refractivity contribution in [3.63, 3.8) is 0 Å². The summed E-state index contributed by atoms with van der Waals surface area (Å²) >= 11 is 0. The predicted molar refractivity (Wildman–Crippen MR) is 95.7 cm³/mol. The number of nitrogens with one attached hydrogen (secondary N) is 1. The van der Waals surface area contributed by atoms with E-state index in [4.69, 9.17) is 4.42 Å². The molecule has 1 aliphatic carbocycles. The van der Waals surface area contributed by atoms with E-state index in [1.165, 1.54) is 23.4 Å². The summed E-state index contributed by atoms with van der Waals surface area (Å²) in [6.07, 6.45) is 3.99. The molecule has 1 saturated carbocycles. The Hall–Kier alpha value is -2.19. The summed E-state index contributed by atoms with van der Waals surface area (Å²) in [6, 6.07) is 6.88. The molecule has 1 amide bonds. The number of hydrogen-bond donors (Lipinski definition) is 1. The molecule has 3 rings (SSSR count). The number of nitrogens with zero attached hydrogens (tertiary/aromatic N) is 2. The van der Waals surface area contributed by atoms with Crippen LogP contribution < -0.4 is 4.72 Å². The van der Waals surface area contributed by atoms with Crippen molar-refractivity contribution in [1.29, 1.82) is 0 Å². The van der Waals surface area contributed by atoms with Crippen molar-refractivity contribution in [3.05, 3.63) is 48.2 Å². The third kappa shape index (κ3) is 4.50. The highest BCUT2D eigenvalue weighted by atomic mass is 32.2. The van der Waals surface area contributed by atoms with Gasteiger partial charge < -0.3 is 9.32 Å². The lowest BCUT2D eigenvalue weighted by Gasteiger charge is -2.16. The number of carbonyl (C=O) groups excluding carboxylic acids is 1. The lowest BCUT2D eigenvalue weighted by Crippen LogP contribution is -2.31. The third-order valence-corrected chi connectivity index (χ3v) is 6.00. The molecule has 0 aromatic carbocycles. The first-order chi connectivity index (χ1) is 12.4. The van der Waals surface area contributed by atoms with E-state index in [2.05, 4.69) is 16.6 Å². The highest BCUT2D eigenvalue weighted by Crippen LogP contribution is 2.47. The molecule has 0 aliphatic heterocycles. The molecule has 8 heteroatoms. The zero-order chi connectivity index (χ0) is 18.7. The molecule has 2 unspecified atom stereocenters. The van der Waals surface area contributed by atoms with Crippen molar-refractivity contribution in [2.75, 3.05) is 13.6 Å². The SMILES string of the molecule is CC1CC1c1ccc(CN(C)C(=O)CCNS(=O)(=O)c2cccnc2)o1. The van der Waals surface area contributed by atoms with E-state index in [-0.39, 0.29) is 23.8 Å². The fourth-order valence-electron chi connectivity index (χ4n) is 2.79. The molecule has 1 N–H and O–H groups in total. The topological polar surface area (TPSA) is 92.5 Å². The van der Waals surface area contributed by atoms with Crippen molar-refractivity contribution in [3.8, 4) is 0 Å². The Labute approximate surface area is 153 Å². The summed E-state index contributed by atoms with van der Waals surface area (Å²) in [5.74, 6) is 2.74. The van der Waals surface area contributed by atoms with Crippen LogP contribution >= 0.6 is 0 Å². The van der Waals surface area contributed by atoms with Crippen LogP contribution in [0.25, 0.3) is 0 Å². The Morgan fingerprint density at radius 3 is 2.81 bits per heavy atom. The monoisotopic (exact) mass is 377 g/mol. The van der Waals surface area contributed by atoms with Gasteiger partial charge >= 0.3 is 0 Å². The van der Waals surface area contributed by atoms with Crippen LogP contribution in [0.3, 0.4) is 0 Å². The van der Waals surface area contributed by atoms with E-state index < -0.39 is 10.0 Å². The number of rotatable bonds is 8. The molecule has 2 aromatic rings. The molecule has 2 heterocycles. The number of carbonyl (C=O) groups is 1. The van der Waals surface area contributed by atoms with E-state index >= 15 is 0 Å². The number of aromatic nitrogens is 1. The van der Waals surface area contributed by atoms with Gasteiger partial charge in [-0.25, -0.2) is 13.1 Å². The van der Waals surface area contributed by atoms with Gasteiger partial charge in [0.05, 0.1) is 6.54 Å². The summed E-state index contributed by atoms with van der Waals surface area (Å²) in [5, 5.41) is 0. The fourth-order valence-corrected chi connectivity index (χ4v) is 3.79.